The summed E-state index contributed by atoms with van der Waals surface area (Å²) in [7, 11) is 0. The molecule has 1 aliphatic heterocycles. The highest BCUT2D eigenvalue weighted by atomic mass is 35.5. The number of piperazine rings is 1. The van der Waals surface area contributed by atoms with Crippen molar-refractivity contribution >= 4 is 29.1 Å². The van der Waals surface area contributed by atoms with Crippen LogP contribution in [0.1, 0.15) is 27.3 Å². The average molecular weight is 479 g/mol. The normalized spacial score (nSPS) is 15.0. The van der Waals surface area contributed by atoms with E-state index in [1.165, 1.54) is 17.0 Å². The van der Waals surface area contributed by atoms with Crippen molar-refractivity contribution in [3.63, 3.8) is 0 Å². The Hall–Kier alpha value is -3.11. The maximum absolute atomic E-state index is 13.1. The van der Waals surface area contributed by atoms with E-state index in [9.17, 15) is 18.0 Å². The predicted molar refractivity (Wildman–Crippen MR) is 118 cm³/mol. The first-order valence-electron chi connectivity index (χ1n) is 10.3. The summed E-state index contributed by atoms with van der Waals surface area (Å²) in [6, 6.07) is 11.0. The predicted octanol–water partition coefficient (Wildman–Crippen LogP) is 4.49. The number of aryl methyl sites for hydroxylation is 1. The third-order valence-corrected chi connectivity index (χ3v) is 5.76. The number of carbonyl (C=O) groups excluding carboxylic acids is 1. The van der Waals surface area contributed by atoms with Gasteiger partial charge in [-0.1, -0.05) is 23.7 Å². The summed E-state index contributed by atoms with van der Waals surface area (Å²) in [5, 5.41) is 9.59. The van der Waals surface area contributed by atoms with E-state index in [4.69, 9.17) is 11.6 Å². The van der Waals surface area contributed by atoms with Crippen LogP contribution in [-0.2, 0) is 12.7 Å². The second kappa shape index (κ2) is 9.40. The van der Waals surface area contributed by atoms with Gasteiger partial charge in [-0.3, -0.25) is 14.8 Å². The number of H-pyrrole nitrogens is 1. The molecule has 0 bridgehead atoms. The molecule has 2 aromatic heterocycles. The van der Waals surface area contributed by atoms with E-state index in [2.05, 4.69) is 25.4 Å². The number of aromatic amines is 1. The SMILES string of the molecule is Cc1cc(Nc2cccc(CN3CCN(C(=O)c4cccc(C(F)(F)F)c4Cl)CC3)n2)n[nH]1. The number of anilines is 2. The van der Waals surface area contributed by atoms with Gasteiger partial charge in [0.15, 0.2) is 5.82 Å². The van der Waals surface area contributed by atoms with Crippen molar-refractivity contribution in [3.8, 4) is 0 Å². The molecule has 0 aliphatic carbocycles. The Labute approximate surface area is 193 Å². The molecule has 0 atom stereocenters. The number of rotatable bonds is 5. The molecule has 3 aromatic rings. The summed E-state index contributed by atoms with van der Waals surface area (Å²) in [5.74, 6) is 0.855. The lowest BCUT2D eigenvalue weighted by molar-refractivity contribution is -0.137. The zero-order valence-corrected chi connectivity index (χ0v) is 18.5. The molecule has 1 amide bonds. The summed E-state index contributed by atoms with van der Waals surface area (Å²) in [4.78, 5) is 21.1. The fraction of sp³-hybridized carbons (Fsp3) is 0.318. The molecule has 0 radical (unpaired) electrons. The standard InChI is InChI=1S/C22H22ClF3N6O/c1-14-12-19(30-29-14)28-18-7-2-4-15(27-18)13-31-8-10-32(11-9-31)21(33)16-5-3-6-17(20(16)23)22(24,25)26/h2-7,12H,8-11,13H2,1H3,(H2,27,28,29,30). The van der Waals surface area contributed by atoms with Crippen molar-refractivity contribution in [2.75, 3.05) is 31.5 Å². The van der Waals surface area contributed by atoms with Gasteiger partial charge in [-0.05, 0) is 31.2 Å². The van der Waals surface area contributed by atoms with Crippen LogP contribution in [0.2, 0.25) is 5.02 Å². The maximum Gasteiger partial charge on any atom is 0.417 e. The zero-order valence-electron chi connectivity index (χ0n) is 17.8. The lowest BCUT2D eigenvalue weighted by atomic mass is 10.1. The Morgan fingerprint density at radius 3 is 2.52 bits per heavy atom. The number of halogens is 4. The number of pyridine rings is 1. The summed E-state index contributed by atoms with van der Waals surface area (Å²) in [6.45, 7) is 4.40. The van der Waals surface area contributed by atoms with E-state index in [1.54, 1.807) is 0 Å². The van der Waals surface area contributed by atoms with Crippen LogP contribution in [-0.4, -0.2) is 57.1 Å². The molecular formula is C22H22ClF3N6O. The first-order valence-corrected chi connectivity index (χ1v) is 10.7. The first kappa shape index (κ1) is 23.1. The Morgan fingerprint density at radius 2 is 1.85 bits per heavy atom. The third kappa shape index (κ3) is 5.45. The first-order chi connectivity index (χ1) is 15.7. The molecule has 4 rings (SSSR count). The van der Waals surface area contributed by atoms with Gasteiger partial charge in [-0.15, -0.1) is 0 Å². The number of nitrogens with zero attached hydrogens (tertiary/aromatic N) is 4. The minimum Gasteiger partial charge on any atom is -0.336 e. The zero-order chi connectivity index (χ0) is 23.6. The molecule has 7 nitrogen and oxygen atoms in total. The van der Waals surface area contributed by atoms with Crippen LogP contribution >= 0.6 is 11.6 Å². The monoisotopic (exact) mass is 478 g/mol. The lowest BCUT2D eigenvalue weighted by Crippen LogP contribution is -2.48. The molecule has 1 aromatic carbocycles. The number of aromatic nitrogens is 3. The molecule has 174 valence electrons. The summed E-state index contributed by atoms with van der Waals surface area (Å²) in [5.41, 5.74) is 0.660. The van der Waals surface area contributed by atoms with Crippen LogP contribution in [0.25, 0.3) is 0 Å². The number of alkyl halides is 3. The van der Waals surface area contributed by atoms with Crippen molar-refractivity contribution in [1.29, 1.82) is 0 Å². The summed E-state index contributed by atoms with van der Waals surface area (Å²) in [6.07, 6.45) is -4.61. The van der Waals surface area contributed by atoms with Crippen molar-refractivity contribution in [3.05, 3.63) is 70.0 Å². The van der Waals surface area contributed by atoms with Crippen molar-refractivity contribution < 1.29 is 18.0 Å². The Kier molecular flexibility index (Phi) is 6.57. The largest absolute Gasteiger partial charge is 0.417 e. The number of hydrogen-bond donors (Lipinski definition) is 2. The summed E-state index contributed by atoms with van der Waals surface area (Å²) >= 11 is 5.92. The second-order valence-electron chi connectivity index (χ2n) is 7.81. The number of hydrogen-bond acceptors (Lipinski definition) is 5. The topological polar surface area (TPSA) is 77.2 Å². The van der Waals surface area contributed by atoms with Crippen LogP contribution in [0, 0.1) is 6.92 Å². The third-order valence-electron chi connectivity index (χ3n) is 5.35. The lowest BCUT2D eigenvalue weighted by Gasteiger charge is -2.34. The van der Waals surface area contributed by atoms with Gasteiger partial charge < -0.3 is 10.2 Å². The van der Waals surface area contributed by atoms with Crippen LogP contribution in [0.15, 0.2) is 42.5 Å². The van der Waals surface area contributed by atoms with Gasteiger partial charge in [-0.25, -0.2) is 4.98 Å². The molecule has 1 fully saturated rings. The molecule has 1 aliphatic rings. The van der Waals surface area contributed by atoms with Crippen molar-refractivity contribution in [2.45, 2.75) is 19.6 Å². The highest BCUT2D eigenvalue weighted by Crippen LogP contribution is 2.36. The molecule has 33 heavy (non-hydrogen) atoms. The van der Waals surface area contributed by atoms with Gasteiger partial charge in [0.25, 0.3) is 5.91 Å². The minimum absolute atomic E-state index is 0.131. The smallest absolute Gasteiger partial charge is 0.336 e. The number of nitrogens with one attached hydrogen (secondary N) is 2. The maximum atomic E-state index is 13.1. The molecule has 1 saturated heterocycles. The fourth-order valence-electron chi connectivity index (χ4n) is 3.68. The molecule has 11 heteroatoms. The summed E-state index contributed by atoms with van der Waals surface area (Å²) < 4.78 is 39.3. The average Bonchev–Trinajstić information content (AvgIpc) is 3.18. The molecular weight excluding hydrogens is 457 g/mol. The van der Waals surface area contributed by atoms with Crippen LogP contribution in [0.5, 0.6) is 0 Å². The highest BCUT2D eigenvalue weighted by molar-refractivity contribution is 6.34. The van der Waals surface area contributed by atoms with E-state index in [0.717, 1.165) is 17.5 Å². The van der Waals surface area contributed by atoms with E-state index >= 15 is 0 Å². The van der Waals surface area contributed by atoms with Gasteiger partial charge in [0.05, 0.1) is 21.8 Å². The van der Waals surface area contributed by atoms with Gasteiger partial charge in [0, 0.05) is 44.5 Å². The molecule has 2 N–H and O–H groups in total. The number of amides is 1. The van der Waals surface area contributed by atoms with E-state index in [1.807, 2.05) is 31.2 Å². The van der Waals surface area contributed by atoms with Gasteiger partial charge >= 0.3 is 6.18 Å². The van der Waals surface area contributed by atoms with Crippen molar-refractivity contribution in [1.82, 2.24) is 25.0 Å². The second-order valence-corrected chi connectivity index (χ2v) is 8.19. The van der Waals surface area contributed by atoms with Gasteiger partial charge in [0.2, 0.25) is 0 Å². The fourth-order valence-corrected chi connectivity index (χ4v) is 3.99. The van der Waals surface area contributed by atoms with Gasteiger partial charge in [0.1, 0.15) is 5.82 Å². The van der Waals surface area contributed by atoms with E-state index in [-0.39, 0.29) is 5.56 Å². The number of carbonyl (C=O) groups is 1. The van der Waals surface area contributed by atoms with Crippen LogP contribution in [0.4, 0.5) is 24.8 Å². The Bertz CT molecular complexity index is 1140. The van der Waals surface area contributed by atoms with Crippen molar-refractivity contribution in [2.24, 2.45) is 0 Å². The molecule has 0 unspecified atom stereocenters. The molecule has 3 heterocycles. The minimum atomic E-state index is -4.61. The van der Waals surface area contributed by atoms with Crippen LogP contribution < -0.4 is 5.32 Å². The van der Waals surface area contributed by atoms with E-state index < -0.39 is 22.7 Å². The quantitative estimate of drug-likeness (QED) is 0.565. The van der Waals surface area contributed by atoms with Gasteiger partial charge in [-0.2, -0.15) is 18.3 Å². The van der Waals surface area contributed by atoms with E-state index in [0.29, 0.717) is 44.4 Å². The number of benzene rings is 1. The Morgan fingerprint density at radius 1 is 1.12 bits per heavy atom. The van der Waals surface area contributed by atoms with Crippen LogP contribution in [0.3, 0.4) is 0 Å². The highest BCUT2D eigenvalue weighted by Gasteiger charge is 2.35. The molecule has 0 saturated carbocycles. The Balaban J connectivity index is 1.36. The molecule has 0 spiro atoms.